The van der Waals surface area contributed by atoms with Crippen molar-refractivity contribution in [2.45, 2.75) is 114 Å². The van der Waals surface area contributed by atoms with E-state index in [2.05, 4.69) is 23.4 Å². The SMILES string of the molecule is CCCCCCCCCCC1SC1CCCCCCC(=O)OC. The predicted molar refractivity (Wildman–Crippen MR) is 102 cm³/mol. The van der Waals surface area contributed by atoms with Gasteiger partial charge in [-0.3, -0.25) is 4.79 Å². The Morgan fingerprint density at radius 2 is 1.26 bits per heavy atom. The van der Waals surface area contributed by atoms with E-state index >= 15 is 0 Å². The predicted octanol–water partition coefficient (Wildman–Crippen LogP) is 6.51. The Morgan fingerprint density at radius 1 is 0.783 bits per heavy atom. The van der Waals surface area contributed by atoms with Crippen LogP contribution in [0.15, 0.2) is 0 Å². The van der Waals surface area contributed by atoms with E-state index in [1.165, 1.54) is 90.6 Å². The molecule has 0 spiro atoms. The summed E-state index contributed by atoms with van der Waals surface area (Å²) < 4.78 is 4.66. The molecule has 1 heterocycles. The van der Waals surface area contributed by atoms with Crippen molar-refractivity contribution in [3.05, 3.63) is 0 Å². The van der Waals surface area contributed by atoms with Gasteiger partial charge in [0.1, 0.15) is 0 Å². The molecular weight excluding hydrogens is 304 g/mol. The van der Waals surface area contributed by atoms with Crippen LogP contribution >= 0.6 is 11.8 Å². The van der Waals surface area contributed by atoms with Gasteiger partial charge in [-0.15, -0.1) is 0 Å². The molecule has 0 radical (unpaired) electrons. The van der Waals surface area contributed by atoms with Crippen molar-refractivity contribution < 1.29 is 9.53 Å². The Kier molecular flexibility index (Phi) is 12.9. The van der Waals surface area contributed by atoms with Crippen LogP contribution in [0.2, 0.25) is 0 Å². The molecule has 1 aliphatic rings. The minimum atomic E-state index is -0.0619. The van der Waals surface area contributed by atoms with Gasteiger partial charge in [-0.1, -0.05) is 77.6 Å². The highest BCUT2D eigenvalue weighted by Crippen LogP contribution is 2.47. The van der Waals surface area contributed by atoms with Crippen LogP contribution in [0.5, 0.6) is 0 Å². The van der Waals surface area contributed by atoms with Crippen LogP contribution in [0.4, 0.5) is 0 Å². The zero-order chi connectivity index (χ0) is 16.8. The van der Waals surface area contributed by atoms with Crippen molar-refractivity contribution >= 4 is 17.7 Å². The van der Waals surface area contributed by atoms with Crippen LogP contribution in [-0.2, 0) is 9.53 Å². The molecule has 0 aromatic carbocycles. The largest absolute Gasteiger partial charge is 0.469 e. The first-order valence-electron chi connectivity index (χ1n) is 10.00. The molecular formula is C20H38O2S. The molecule has 2 atom stereocenters. The van der Waals surface area contributed by atoms with Gasteiger partial charge in [0.15, 0.2) is 0 Å². The lowest BCUT2D eigenvalue weighted by atomic mass is 10.0. The first kappa shape index (κ1) is 20.9. The Bertz CT molecular complexity index is 293. The van der Waals surface area contributed by atoms with Crippen LogP contribution in [0, 0.1) is 0 Å². The third-order valence-electron chi connectivity index (χ3n) is 4.88. The third kappa shape index (κ3) is 11.9. The van der Waals surface area contributed by atoms with Crippen molar-refractivity contribution in [1.82, 2.24) is 0 Å². The van der Waals surface area contributed by atoms with Gasteiger partial charge in [0.2, 0.25) is 0 Å². The van der Waals surface area contributed by atoms with E-state index in [1.54, 1.807) is 0 Å². The van der Waals surface area contributed by atoms with E-state index in [-0.39, 0.29) is 5.97 Å². The van der Waals surface area contributed by atoms with Gasteiger partial charge >= 0.3 is 5.97 Å². The van der Waals surface area contributed by atoms with E-state index in [4.69, 9.17) is 0 Å². The third-order valence-corrected chi connectivity index (χ3v) is 6.39. The lowest BCUT2D eigenvalue weighted by Crippen LogP contribution is -1.99. The molecule has 2 unspecified atom stereocenters. The van der Waals surface area contributed by atoms with E-state index in [9.17, 15) is 4.79 Å². The Morgan fingerprint density at radius 3 is 1.78 bits per heavy atom. The molecule has 3 heteroatoms. The molecule has 1 saturated heterocycles. The number of methoxy groups -OCH3 is 1. The molecule has 0 aromatic heterocycles. The molecule has 23 heavy (non-hydrogen) atoms. The molecule has 2 nitrogen and oxygen atoms in total. The maximum absolute atomic E-state index is 11.0. The molecule has 0 bridgehead atoms. The lowest BCUT2D eigenvalue weighted by molar-refractivity contribution is -0.140. The summed E-state index contributed by atoms with van der Waals surface area (Å²) in [5.41, 5.74) is 0. The van der Waals surface area contributed by atoms with Crippen LogP contribution < -0.4 is 0 Å². The molecule has 0 aromatic rings. The first-order valence-corrected chi connectivity index (χ1v) is 10.9. The number of hydrogen-bond donors (Lipinski definition) is 0. The Hall–Kier alpha value is -0.180. The molecule has 0 N–H and O–H groups in total. The van der Waals surface area contributed by atoms with Crippen LogP contribution in [0.25, 0.3) is 0 Å². The van der Waals surface area contributed by atoms with Crippen LogP contribution in [0.1, 0.15) is 103 Å². The van der Waals surface area contributed by atoms with Gasteiger partial charge in [-0.05, 0) is 19.3 Å². The average Bonchev–Trinajstić information content (AvgIpc) is 3.31. The van der Waals surface area contributed by atoms with Gasteiger partial charge in [0.05, 0.1) is 7.11 Å². The summed E-state index contributed by atoms with van der Waals surface area (Å²) in [6.07, 6.45) is 19.7. The minimum absolute atomic E-state index is 0.0619. The Balaban J connectivity index is 1.77. The Labute approximate surface area is 148 Å². The number of thioether (sulfide) groups is 1. The zero-order valence-electron chi connectivity index (χ0n) is 15.5. The molecule has 0 aliphatic carbocycles. The normalized spacial score (nSPS) is 19.7. The highest BCUT2D eigenvalue weighted by atomic mass is 32.2. The summed E-state index contributed by atoms with van der Waals surface area (Å²) in [7, 11) is 1.47. The molecule has 1 aliphatic heterocycles. The van der Waals surface area contributed by atoms with Crippen LogP contribution in [-0.4, -0.2) is 23.6 Å². The van der Waals surface area contributed by atoms with Gasteiger partial charge in [0.25, 0.3) is 0 Å². The van der Waals surface area contributed by atoms with E-state index in [1.807, 2.05) is 0 Å². The van der Waals surface area contributed by atoms with E-state index in [0.29, 0.717) is 6.42 Å². The summed E-state index contributed by atoms with van der Waals surface area (Å²) in [5, 5.41) is 1.94. The number of rotatable bonds is 16. The zero-order valence-corrected chi connectivity index (χ0v) is 16.3. The summed E-state index contributed by atoms with van der Waals surface area (Å²) in [6, 6.07) is 0. The van der Waals surface area contributed by atoms with Crippen molar-refractivity contribution in [2.24, 2.45) is 0 Å². The van der Waals surface area contributed by atoms with Gasteiger partial charge in [-0.2, -0.15) is 11.8 Å². The van der Waals surface area contributed by atoms with Gasteiger partial charge < -0.3 is 4.74 Å². The van der Waals surface area contributed by atoms with Crippen molar-refractivity contribution in [3.8, 4) is 0 Å². The maximum atomic E-state index is 11.0. The average molecular weight is 343 g/mol. The molecule has 0 amide bonds. The van der Waals surface area contributed by atoms with Crippen molar-refractivity contribution in [3.63, 3.8) is 0 Å². The number of carbonyl (C=O) groups excluding carboxylic acids is 1. The summed E-state index contributed by atoms with van der Waals surface area (Å²) in [4.78, 5) is 11.0. The number of unbranched alkanes of at least 4 members (excludes halogenated alkanes) is 10. The number of esters is 1. The minimum Gasteiger partial charge on any atom is -0.469 e. The summed E-state index contributed by atoms with van der Waals surface area (Å²) >= 11 is 2.21. The smallest absolute Gasteiger partial charge is 0.305 e. The van der Waals surface area contributed by atoms with Crippen molar-refractivity contribution in [1.29, 1.82) is 0 Å². The highest BCUT2D eigenvalue weighted by molar-refractivity contribution is 8.07. The standard InChI is InChI=1S/C20H38O2S/c1-3-4-5-6-7-8-9-12-15-18-19(23-18)16-13-10-11-14-17-20(21)22-2/h18-19H,3-17H2,1-2H3. The number of ether oxygens (including phenoxy) is 1. The molecule has 1 rings (SSSR count). The molecule has 1 fully saturated rings. The second-order valence-electron chi connectivity index (χ2n) is 7.01. The molecule has 136 valence electrons. The molecule has 0 saturated carbocycles. The van der Waals surface area contributed by atoms with Gasteiger partial charge in [-0.25, -0.2) is 0 Å². The summed E-state index contributed by atoms with van der Waals surface area (Å²) in [5.74, 6) is -0.0619. The monoisotopic (exact) mass is 342 g/mol. The fourth-order valence-electron chi connectivity index (χ4n) is 3.24. The fourth-order valence-corrected chi connectivity index (χ4v) is 4.47. The second-order valence-corrected chi connectivity index (χ2v) is 8.49. The highest BCUT2D eigenvalue weighted by Gasteiger charge is 2.36. The second kappa shape index (κ2) is 14.2. The van der Waals surface area contributed by atoms with E-state index in [0.717, 1.165) is 16.9 Å². The fraction of sp³-hybridized carbons (Fsp3) is 0.950. The summed E-state index contributed by atoms with van der Waals surface area (Å²) in [6.45, 7) is 2.28. The van der Waals surface area contributed by atoms with Crippen LogP contribution in [0.3, 0.4) is 0 Å². The lowest BCUT2D eigenvalue weighted by Gasteiger charge is -2.02. The number of carbonyl (C=O) groups is 1. The quantitative estimate of drug-likeness (QED) is 0.181. The van der Waals surface area contributed by atoms with E-state index < -0.39 is 0 Å². The topological polar surface area (TPSA) is 26.3 Å². The maximum Gasteiger partial charge on any atom is 0.305 e. The first-order chi connectivity index (χ1) is 11.3. The van der Waals surface area contributed by atoms with Gasteiger partial charge in [0, 0.05) is 16.9 Å². The number of hydrogen-bond acceptors (Lipinski definition) is 3. The van der Waals surface area contributed by atoms with Crippen molar-refractivity contribution in [2.75, 3.05) is 7.11 Å².